The summed E-state index contributed by atoms with van der Waals surface area (Å²) < 4.78 is 13.7. The van der Waals surface area contributed by atoms with Crippen molar-refractivity contribution < 1.29 is 14.3 Å². The van der Waals surface area contributed by atoms with E-state index >= 15 is 0 Å². The van der Waals surface area contributed by atoms with Crippen molar-refractivity contribution in [2.75, 3.05) is 18.0 Å². The Hall–Kier alpha value is -4.21. The van der Waals surface area contributed by atoms with E-state index in [1.165, 1.54) is 0 Å². The number of aryl methyl sites for hydroxylation is 1. The van der Waals surface area contributed by atoms with Crippen molar-refractivity contribution in [3.05, 3.63) is 60.0 Å². The molecule has 3 aromatic heterocycles. The zero-order valence-electron chi connectivity index (χ0n) is 23.6. The summed E-state index contributed by atoms with van der Waals surface area (Å²) in [5.74, 6) is 2.15. The van der Waals surface area contributed by atoms with Gasteiger partial charge < -0.3 is 24.3 Å². The highest BCUT2D eigenvalue weighted by Crippen LogP contribution is 2.41. The van der Waals surface area contributed by atoms with Crippen LogP contribution in [0.4, 0.5) is 10.6 Å². The summed E-state index contributed by atoms with van der Waals surface area (Å²) in [6.07, 6.45) is 5.04. The molecule has 0 atom stereocenters. The van der Waals surface area contributed by atoms with E-state index in [1.807, 2.05) is 45.2 Å². The Kier molecular flexibility index (Phi) is 6.35. The van der Waals surface area contributed by atoms with Crippen molar-refractivity contribution >= 4 is 23.1 Å². The van der Waals surface area contributed by atoms with E-state index in [-0.39, 0.29) is 11.6 Å². The van der Waals surface area contributed by atoms with Crippen LogP contribution in [0.25, 0.3) is 22.6 Å². The van der Waals surface area contributed by atoms with Gasteiger partial charge in [0.2, 0.25) is 5.88 Å². The highest BCUT2D eigenvalue weighted by Gasteiger charge is 2.41. The van der Waals surface area contributed by atoms with Gasteiger partial charge in [-0.3, -0.25) is 0 Å². The number of nitrogens with one attached hydrogen (secondary N) is 1. The van der Waals surface area contributed by atoms with E-state index < -0.39 is 11.7 Å². The number of anilines is 1. The van der Waals surface area contributed by atoms with Crippen molar-refractivity contribution in [3.8, 4) is 17.3 Å². The summed E-state index contributed by atoms with van der Waals surface area (Å²) in [4.78, 5) is 33.1. The molecule has 2 aliphatic rings. The van der Waals surface area contributed by atoms with Crippen LogP contribution in [0.15, 0.2) is 48.9 Å². The maximum absolute atomic E-state index is 12.1. The van der Waals surface area contributed by atoms with Crippen LogP contribution in [-0.2, 0) is 11.3 Å². The van der Waals surface area contributed by atoms with Crippen LogP contribution < -0.4 is 15.0 Å². The summed E-state index contributed by atoms with van der Waals surface area (Å²) in [5, 5.41) is 2.93. The quantitative estimate of drug-likeness (QED) is 0.352. The fourth-order valence-corrected chi connectivity index (χ4v) is 4.80. The molecule has 0 radical (unpaired) electrons. The van der Waals surface area contributed by atoms with Gasteiger partial charge in [0.05, 0.1) is 12.6 Å². The Morgan fingerprint density at radius 2 is 1.88 bits per heavy atom. The molecule has 1 aliphatic heterocycles. The minimum atomic E-state index is -0.520. The van der Waals surface area contributed by atoms with Crippen molar-refractivity contribution in [3.63, 3.8) is 0 Å². The fourth-order valence-electron chi connectivity index (χ4n) is 4.80. The van der Waals surface area contributed by atoms with Gasteiger partial charge in [0, 0.05) is 24.8 Å². The van der Waals surface area contributed by atoms with E-state index in [4.69, 9.17) is 19.4 Å². The molecule has 1 N–H and O–H groups in total. The van der Waals surface area contributed by atoms with Gasteiger partial charge in [-0.15, -0.1) is 0 Å². The molecular weight excluding hydrogens is 506 g/mol. The number of nitrogens with zero attached hydrogens (tertiary/aromatic N) is 6. The van der Waals surface area contributed by atoms with Gasteiger partial charge in [0.1, 0.15) is 29.2 Å². The average molecular weight is 542 g/mol. The van der Waals surface area contributed by atoms with Crippen LogP contribution in [0.5, 0.6) is 5.88 Å². The van der Waals surface area contributed by atoms with Gasteiger partial charge >= 0.3 is 6.09 Å². The van der Waals surface area contributed by atoms with Gasteiger partial charge in [-0.05, 0) is 64.7 Å². The minimum Gasteiger partial charge on any atom is -0.470 e. The zero-order valence-corrected chi connectivity index (χ0v) is 23.6. The molecule has 1 aliphatic carbocycles. The monoisotopic (exact) mass is 541 g/mol. The van der Waals surface area contributed by atoms with Crippen LogP contribution in [0.1, 0.15) is 51.7 Å². The Balaban J connectivity index is 1.28. The predicted molar refractivity (Wildman–Crippen MR) is 152 cm³/mol. The molecule has 40 heavy (non-hydrogen) atoms. The first-order valence-electron chi connectivity index (χ1n) is 13.7. The molecule has 4 heterocycles. The number of carbonyl (C=O) groups excluding carboxylic acids is 1. The number of hydrogen-bond acceptors (Lipinski definition) is 8. The number of rotatable bonds is 7. The Bertz CT molecular complexity index is 1550. The Labute approximate surface area is 233 Å². The largest absolute Gasteiger partial charge is 0.470 e. The van der Waals surface area contributed by atoms with Gasteiger partial charge in [0.15, 0.2) is 11.2 Å². The van der Waals surface area contributed by atoms with Gasteiger partial charge in [-0.2, -0.15) is 4.98 Å². The molecule has 10 heteroatoms. The summed E-state index contributed by atoms with van der Waals surface area (Å²) in [7, 11) is 0. The first kappa shape index (κ1) is 26.0. The van der Waals surface area contributed by atoms with Crippen LogP contribution in [0, 0.1) is 6.92 Å². The lowest BCUT2D eigenvalue weighted by molar-refractivity contribution is 0.0496. The van der Waals surface area contributed by atoms with E-state index in [1.54, 1.807) is 6.33 Å². The normalized spacial score (nSPS) is 16.5. The maximum atomic E-state index is 12.1. The molecule has 2 fully saturated rings. The first-order valence-corrected chi connectivity index (χ1v) is 13.7. The van der Waals surface area contributed by atoms with E-state index in [0.717, 1.165) is 46.8 Å². The topological polar surface area (TPSA) is 107 Å². The van der Waals surface area contributed by atoms with Crippen LogP contribution in [0.2, 0.25) is 0 Å². The molecule has 6 rings (SSSR count). The number of alkyl carbamates (subject to hydrolysis) is 1. The lowest BCUT2D eigenvalue weighted by Crippen LogP contribution is -2.60. The number of amides is 1. The molecule has 4 aromatic rings. The molecule has 1 amide bonds. The average Bonchev–Trinajstić information content (AvgIpc) is 3.49. The van der Waals surface area contributed by atoms with Crippen molar-refractivity contribution in [2.24, 2.45) is 0 Å². The molecule has 1 saturated carbocycles. The van der Waals surface area contributed by atoms with Crippen molar-refractivity contribution in [2.45, 2.75) is 71.2 Å². The summed E-state index contributed by atoms with van der Waals surface area (Å²) in [5.41, 5.74) is 3.79. The van der Waals surface area contributed by atoms with Gasteiger partial charge in [-0.1, -0.05) is 30.3 Å². The number of benzene rings is 1. The molecule has 0 bridgehead atoms. The van der Waals surface area contributed by atoms with Crippen LogP contribution in [-0.4, -0.2) is 60.9 Å². The molecule has 1 aromatic carbocycles. The van der Waals surface area contributed by atoms with E-state index in [9.17, 15) is 4.79 Å². The number of fused-ring (bicyclic) bond motifs is 1. The summed E-state index contributed by atoms with van der Waals surface area (Å²) in [6.45, 7) is 11.7. The third-order valence-electron chi connectivity index (χ3n) is 7.24. The number of hydrogen-bond donors (Lipinski definition) is 1. The number of pyridine rings is 1. The first-order chi connectivity index (χ1) is 19.1. The smallest absolute Gasteiger partial charge is 0.407 e. The van der Waals surface area contributed by atoms with Gasteiger partial charge in [-0.25, -0.2) is 19.7 Å². The molecule has 0 spiro atoms. The molecule has 1 saturated heterocycles. The van der Waals surface area contributed by atoms with E-state index in [2.05, 4.69) is 56.8 Å². The number of carbonyl (C=O) groups is 1. The number of imidazole rings is 1. The number of ether oxygens (including phenoxy) is 2. The Morgan fingerprint density at radius 3 is 2.55 bits per heavy atom. The zero-order chi connectivity index (χ0) is 28.1. The fraction of sp³-hybridized carbons (Fsp3) is 0.433. The maximum Gasteiger partial charge on any atom is 0.407 e. The third kappa shape index (κ3) is 5.43. The van der Waals surface area contributed by atoms with Crippen LogP contribution >= 0.6 is 0 Å². The molecule has 208 valence electrons. The molecule has 10 nitrogen and oxygen atoms in total. The molecule has 0 unspecified atom stereocenters. The van der Waals surface area contributed by atoms with Crippen molar-refractivity contribution in [1.82, 2.24) is 29.8 Å². The lowest BCUT2D eigenvalue weighted by Gasteiger charge is -2.40. The molecular formula is C30H35N7O3. The van der Waals surface area contributed by atoms with E-state index in [0.29, 0.717) is 31.0 Å². The standard InChI is InChI=1S/C30H35N7O3/c1-19-13-23(36-16-21(17-36)34-28(38)40-29(2,3)4)31-14-22(19)25-35-24-26(37(25)15-20-9-7-6-8-10-20)32-18-33-27(24)39-30(5)11-12-30/h6-10,13-14,18,21H,11-12,15-17H2,1-5H3,(H,34,38). The van der Waals surface area contributed by atoms with Crippen molar-refractivity contribution in [1.29, 1.82) is 0 Å². The Morgan fingerprint density at radius 1 is 1.12 bits per heavy atom. The summed E-state index contributed by atoms with van der Waals surface area (Å²) in [6, 6.07) is 12.4. The van der Waals surface area contributed by atoms with Crippen LogP contribution in [0.3, 0.4) is 0 Å². The second-order valence-corrected chi connectivity index (χ2v) is 12.0. The second-order valence-electron chi connectivity index (χ2n) is 12.0. The number of aromatic nitrogens is 5. The third-order valence-corrected chi connectivity index (χ3v) is 7.24. The minimum absolute atomic E-state index is 0.0250. The highest BCUT2D eigenvalue weighted by molar-refractivity contribution is 5.82. The SMILES string of the molecule is Cc1cc(N2CC(NC(=O)OC(C)(C)C)C2)ncc1-c1nc2c(OC3(C)CC3)ncnc2n1Cc1ccccc1. The second kappa shape index (κ2) is 9.76. The summed E-state index contributed by atoms with van der Waals surface area (Å²) >= 11 is 0. The van der Waals surface area contributed by atoms with Gasteiger partial charge in [0.25, 0.3) is 0 Å². The predicted octanol–water partition coefficient (Wildman–Crippen LogP) is 4.89. The highest BCUT2D eigenvalue weighted by atomic mass is 16.6. The lowest BCUT2D eigenvalue weighted by atomic mass is 10.1.